The molecule has 1 heterocycles. The molecule has 0 aliphatic rings. The van der Waals surface area contributed by atoms with E-state index in [2.05, 4.69) is 15.6 Å². The number of esters is 2. The third-order valence-electron chi connectivity index (χ3n) is 6.07. The van der Waals surface area contributed by atoms with Crippen LogP contribution >= 0.6 is 0 Å². The van der Waals surface area contributed by atoms with Crippen LogP contribution in [0.1, 0.15) is 56.5 Å². The fourth-order valence-electron chi connectivity index (χ4n) is 4.10. The summed E-state index contributed by atoms with van der Waals surface area (Å²) >= 11 is 0. The second-order valence-corrected chi connectivity index (χ2v) is 10.7. The first-order valence-corrected chi connectivity index (χ1v) is 14.3. The van der Waals surface area contributed by atoms with Crippen molar-refractivity contribution in [3.63, 3.8) is 0 Å². The molecule has 42 heavy (non-hydrogen) atoms. The quantitative estimate of drug-likeness (QED) is 0.197. The lowest BCUT2D eigenvalue weighted by Gasteiger charge is -2.20. The minimum atomic E-state index is -0.538. The van der Waals surface area contributed by atoms with Crippen LogP contribution in [0.2, 0.25) is 0 Å². The van der Waals surface area contributed by atoms with Crippen molar-refractivity contribution in [1.82, 2.24) is 15.6 Å². The van der Waals surface area contributed by atoms with Crippen LogP contribution in [-0.4, -0.2) is 60.8 Å². The number of carbonyl (C=O) groups is 3. The summed E-state index contributed by atoms with van der Waals surface area (Å²) in [5.41, 5.74) is 2.78. The highest BCUT2D eigenvalue weighted by atomic mass is 16.6. The number of hydrogen-bond donors (Lipinski definition) is 2. The van der Waals surface area contributed by atoms with E-state index < -0.39 is 11.6 Å². The van der Waals surface area contributed by atoms with Gasteiger partial charge >= 0.3 is 11.9 Å². The lowest BCUT2D eigenvalue weighted by Crippen LogP contribution is -2.40. The van der Waals surface area contributed by atoms with Gasteiger partial charge in [-0.05, 0) is 89.0 Å². The number of aromatic nitrogens is 1. The molecule has 9 nitrogen and oxygen atoms in total. The van der Waals surface area contributed by atoms with Crippen LogP contribution in [0.25, 0.3) is 11.3 Å². The number of amides is 1. The highest BCUT2D eigenvalue weighted by Crippen LogP contribution is 2.17. The summed E-state index contributed by atoms with van der Waals surface area (Å²) in [6.07, 6.45) is 2.98. The fourth-order valence-corrected chi connectivity index (χ4v) is 4.10. The van der Waals surface area contributed by atoms with E-state index in [4.69, 9.17) is 14.2 Å². The first-order valence-electron chi connectivity index (χ1n) is 14.3. The predicted octanol–water partition coefficient (Wildman–Crippen LogP) is 4.74. The van der Waals surface area contributed by atoms with Gasteiger partial charge in [-0.3, -0.25) is 19.4 Å². The number of ether oxygens (including phenoxy) is 3. The van der Waals surface area contributed by atoms with E-state index in [0.29, 0.717) is 43.9 Å². The van der Waals surface area contributed by atoms with Crippen LogP contribution in [0.15, 0.2) is 72.9 Å². The van der Waals surface area contributed by atoms with Gasteiger partial charge in [-0.1, -0.05) is 30.3 Å². The summed E-state index contributed by atoms with van der Waals surface area (Å²) < 4.78 is 16.3. The topological polar surface area (TPSA) is 116 Å². The van der Waals surface area contributed by atoms with Gasteiger partial charge in [0.25, 0.3) is 5.91 Å². The molecule has 1 aromatic heterocycles. The maximum atomic E-state index is 12.5. The number of nitrogens with zero attached hydrogens (tertiary/aromatic N) is 1. The monoisotopic (exact) mass is 575 g/mol. The second-order valence-electron chi connectivity index (χ2n) is 10.7. The van der Waals surface area contributed by atoms with Crippen molar-refractivity contribution in [2.45, 2.75) is 58.6 Å². The molecule has 9 heteroatoms. The zero-order valence-corrected chi connectivity index (χ0v) is 24.9. The molecule has 0 saturated heterocycles. The number of pyridine rings is 1. The Morgan fingerprint density at radius 1 is 0.929 bits per heavy atom. The molecule has 0 saturated carbocycles. The largest absolute Gasteiger partial charge is 0.492 e. The highest BCUT2D eigenvalue weighted by Gasteiger charge is 2.21. The van der Waals surface area contributed by atoms with E-state index in [1.165, 1.54) is 0 Å². The fraction of sp³-hybridized carbons (Fsp3) is 0.394. The Bertz CT molecular complexity index is 1270. The Hall–Kier alpha value is -4.24. The van der Waals surface area contributed by atoms with Crippen LogP contribution < -0.4 is 15.4 Å². The number of nitrogens with one attached hydrogen (secondary N) is 2. The molecular weight excluding hydrogens is 534 g/mol. The second kappa shape index (κ2) is 16.3. The van der Waals surface area contributed by atoms with Crippen LogP contribution in [0, 0.1) is 0 Å². The minimum Gasteiger partial charge on any atom is -0.492 e. The van der Waals surface area contributed by atoms with Crippen molar-refractivity contribution in [2.24, 2.45) is 0 Å². The molecule has 0 radical (unpaired) electrons. The Labute approximate surface area is 248 Å². The Balaban J connectivity index is 1.41. The number of carbonyl (C=O) groups excluding carboxylic acids is 3. The van der Waals surface area contributed by atoms with Gasteiger partial charge in [0.1, 0.15) is 24.0 Å². The summed E-state index contributed by atoms with van der Waals surface area (Å²) in [4.78, 5) is 41.2. The molecule has 0 bridgehead atoms. The molecule has 0 aliphatic heterocycles. The van der Waals surface area contributed by atoms with Crippen molar-refractivity contribution in [3.8, 4) is 17.0 Å². The van der Waals surface area contributed by atoms with Gasteiger partial charge in [-0.15, -0.1) is 0 Å². The van der Waals surface area contributed by atoms with Gasteiger partial charge < -0.3 is 24.8 Å². The van der Waals surface area contributed by atoms with E-state index in [-0.39, 0.29) is 30.9 Å². The van der Waals surface area contributed by atoms with E-state index in [0.717, 1.165) is 16.8 Å². The average molecular weight is 576 g/mol. The summed E-state index contributed by atoms with van der Waals surface area (Å²) in [6, 6.07) is 19.9. The number of rotatable bonds is 15. The number of hydrogen-bond acceptors (Lipinski definition) is 8. The number of benzene rings is 2. The van der Waals surface area contributed by atoms with Crippen LogP contribution in [0.4, 0.5) is 0 Å². The Morgan fingerprint density at radius 3 is 2.31 bits per heavy atom. The highest BCUT2D eigenvalue weighted by molar-refractivity contribution is 5.94. The standard InChI is InChI=1S/C33H41N3O6/c1-5-40-32(39)29(35-20-8-10-30(37)42-33(2,3)4)23-24-11-17-27(18-12-24)41-22-21-36-31(38)26-15-13-25(14-16-26)28-9-6-7-19-34-28/h6-7,9,11-19,29,35H,5,8,10,20-23H2,1-4H3,(H,36,38). The SMILES string of the molecule is CCOC(=O)C(Cc1ccc(OCCNC(=O)c2ccc(-c3ccccn3)cc2)cc1)NCCCC(=O)OC(C)(C)C. The van der Waals surface area contributed by atoms with Gasteiger partial charge in [0.15, 0.2) is 0 Å². The normalized spacial score (nSPS) is 11.8. The van der Waals surface area contributed by atoms with Gasteiger partial charge in [0.2, 0.25) is 0 Å². The molecule has 1 amide bonds. The van der Waals surface area contributed by atoms with Crippen molar-refractivity contribution >= 4 is 17.8 Å². The van der Waals surface area contributed by atoms with Crippen molar-refractivity contribution in [3.05, 3.63) is 84.1 Å². The first kappa shape index (κ1) is 32.3. The van der Waals surface area contributed by atoms with Gasteiger partial charge in [-0.25, -0.2) is 0 Å². The molecule has 1 atom stereocenters. The van der Waals surface area contributed by atoms with Crippen LogP contribution in [0.3, 0.4) is 0 Å². The van der Waals surface area contributed by atoms with Crippen LogP contribution in [-0.2, 0) is 25.5 Å². The van der Waals surface area contributed by atoms with Gasteiger partial charge in [0, 0.05) is 23.7 Å². The Kier molecular flexibility index (Phi) is 12.5. The predicted molar refractivity (Wildman–Crippen MR) is 161 cm³/mol. The lowest BCUT2D eigenvalue weighted by atomic mass is 10.1. The molecule has 2 N–H and O–H groups in total. The van der Waals surface area contributed by atoms with E-state index in [1.807, 2.05) is 75.4 Å². The van der Waals surface area contributed by atoms with Crippen molar-refractivity contribution in [1.29, 1.82) is 0 Å². The van der Waals surface area contributed by atoms with Gasteiger partial charge in [-0.2, -0.15) is 0 Å². The van der Waals surface area contributed by atoms with E-state index >= 15 is 0 Å². The van der Waals surface area contributed by atoms with Crippen molar-refractivity contribution < 1.29 is 28.6 Å². The molecule has 3 aromatic rings. The third kappa shape index (κ3) is 11.3. The molecule has 3 rings (SSSR count). The molecule has 224 valence electrons. The lowest BCUT2D eigenvalue weighted by molar-refractivity contribution is -0.154. The molecule has 0 spiro atoms. The van der Waals surface area contributed by atoms with E-state index in [1.54, 1.807) is 25.3 Å². The molecule has 0 fully saturated rings. The maximum Gasteiger partial charge on any atom is 0.323 e. The zero-order chi connectivity index (χ0) is 30.4. The summed E-state index contributed by atoms with van der Waals surface area (Å²) in [5, 5.41) is 6.07. The van der Waals surface area contributed by atoms with Gasteiger partial charge in [0.05, 0.1) is 18.8 Å². The molecule has 2 aromatic carbocycles. The zero-order valence-electron chi connectivity index (χ0n) is 24.9. The summed E-state index contributed by atoms with van der Waals surface area (Å²) in [7, 11) is 0. The summed E-state index contributed by atoms with van der Waals surface area (Å²) in [5.74, 6) is -0.115. The average Bonchev–Trinajstić information content (AvgIpc) is 2.97. The Morgan fingerprint density at radius 2 is 1.67 bits per heavy atom. The minimum absolute atomic E-state index is 0.176. The van der Waals surface area contributed by atoms with Crippen LogP contribution in [0.5, 0.6) is 5.75 Å². The smallest absolute Gasteiger partial charge is 0.323 e. The van der Waals surface area contributed by atoms with E-state index in [9.17, 15) is 14.4 Å². The molecule has 1 unspecified atom stereocenters. The summed E-state index contributed by atoms with van der Waals surface area (Å²) in [6.45, 7) is 8.69. The first-order chi connectivity index (χ1) is 20.1. The molecule has 0 aliphatic carbocycles. The van der Waals surface area contributed by atoms with Crippen molar-refractivity contribution in [2.75, 3.05) is 26.3 Å². The third-order valence-corrected chi connectivity index (χ3v) is 6.07. The maximum absolute atomic E-state index is 12.5. The molecular formula is C33H41N3O6.